The number of sulfone groups is 1. The maximum atomic E-state index is 10.9. The summed E-state index contributed by atoms with van der Waals surface area (Å²) < 4.78 is 29.1. The number of halogens is 1. The van der Waals surface area contributed by atoms with E-state index in [-0.39, 0.29) is 36.3 Å². The Kier molecular flexibility index (Phi) is 11.3. The lowest BCUT2D eigenvalue weighted by molar-refractivity contribution is 0.154. The summed E-state index contributed by atoms with van der Waals surface area (Å²) in [6, 6.07) is 3.97. The first-order valence-electron chi connectivity index (χ1n) is 6.82. The van der Waals surface area contributed by atoms with Crippen LogP contribution in [0.25, 0.3) is 0 Å². The lowest BCUT2D eigenvalue weighted by Crippen LogP contribution is -2.40. The quantitative estimate of drug-likeness (QED) is 0.248. The van der Waals surface area contributed by atoms with Gasteiger partial charge in [0.15, 0.2) is 5.96 Å². The number of hydrogen-bond acceptors (Lipinski definition) is 4. The third kappa shape index (κ3) is 10.9. The molecule has 0 aromatic carbocycles. The average molecular weight is 444 g/mol. The first-order chi connectivity index (χ1) is 10.0. The van der Waals surface area contributed by atoms with E-state index in [0.29, 0.717) is 19.1 Å². The molecular weight excluding hydrogens is 419 g/mol. The molecule has 0 bridgehead atoms. The molecule has 1 aromatic heterocycles. The molecule has 7 nitrogen and oxygen atoms in total. The number of hydrogen-bond donors (Lipinski definition) is 2. The highest BCUT2D eigenvalue weighted by atomic mass is 127. The molecular formula is C13H25IN4O3S. The standard InChI is InChI=1S/C13H24N4O3S.HI/c1-14-13(15-5-9-17-7-3-4-8-17)16-6-10-20-11-12-21(2,18)19;/h3-4,7-8H,5-6,9-12H2,1-2H3,(H2,14,15,16);1H. The largest absolute Gasteiger partial charge is 0.379 e. The Hall–Kier alpha value is -0.810. The molecule has 0 unspecified atom stereocenters. The summed E-state index contributed by atoms with van der Waals surface area (Å²) in [4.78, 5) is 4.10. The lowest BCUT2D eigenvalue weighted by Gasteiger charge is -2.12. The highest BCUT2D eigenvalue weighted by Gasteiger charge is 2.01. The van der Waals surface area contributed by atoms with E-state index in [1.807, 2.05) is 24.5 Å². The number of nitrogens with zero attached hydrogens (tertiary/aromatic N) is 2. The Morgan fingerprint density at radius 1 is 1.18 bits per heavy atom. The molecule has 1 rings (SSSR count). The first-order valence-corrected chi connectivity index (χ1v) is 8.88. The molecule has 0 saturated heterocycles. The zero-order valence-electron chi connectivity index (χ0n) is 13.0. The second-order valence-electron chi connectivity index (χ2n) is 4.59. The van der Waals surface area contributed by atoms with Crippen molar-refractivity contribution in [3.63, 3.8) is 0 Å². The van der Waals surface area contributed by atoms with Crippen molar-refractivity contribution in [2.75, 3.05) is 45.4 Å². The van der Waals surface area contributed by atoms with Crippen LogP contribution >= 0.6 is 24.0 Å². The second kappa shape index (κ2) is 11.7. The summed E-state index contributed by atoms with van der Waals surface area (Å²) in [5.41, 5.74) is 0. The minimum Gasteiger partial charge on any atom is -0.379 e. The summed E-state index contributed by atoms with van der Waals surface area (Å²) in [6.45, 7) is 2.86. The Morgan fingerprint density at radius 3 is 2.41 bits per heavy atom. The molecule has 0 amide bonds. The van der Waals surface area contributed by atoms with Crippen LogP contribution in [-0.4, -0.2) is 64.3 Å². The molecule has 1 aromatic rings. The smallest absolute Gasteiger partial charge is 0.191 e. The third-order valence-electron chi connectivity index (χ3n) is 2.69. The zero-order valence-corrected chi connectivity index (χ0v) is 16.1. The van der Waals surface area contributed by atoms with E-state index in [2.05, 4.69) is 20.2 Å². The van der Waals surface area contributed by atoms with Gasteiger partial charge in [-0.2, -0.15) is 0 Å². The number of rotatable bonds is 9. The fourth-order valence-electron chi connectivity index (χ4n) is 1.60. The van der Waals surface area contributed by atoms with E-state index in [0.717, 1.165) is 13.1 Å². The highest BCUT2D eigenvalue weighted by molar-refractivity contribution is 14.0. The van der Waals surface area contributed by atoms with Crippen molar-refractivity contribution < 1.29 is 13.2 Å². The first kappa shape index (κ1) is 21.2. The van der Waals surface area contributed by atoms with Gasteiger partial charge in [-0.1, -0.05) is 0 Å². The molecule has 0 radical (unpaired) electrons. The van der Waals surface area contributed by atoms with E-state index in [1.54, 1.807) is 7.05 Å². The van der Waals surface area contributed by atoms with Crippen molar-refractivity contribution in [3.05, 3.63) is 24.5 Å². The van der Waals surface area contributed by atoms with Crippen LogP contribution in [0.2, 0.25) is 0 Å². The molecule has 1 heterocycles. The molecule has 0 spiro atoms. The summed E-state index contributed by atoms with van der Waals surface area (Å²) in [7, 11) is -1.25. The van der Waals surface area contributed by atoms with Gasteiger partial charge in [0, 0.05) is 45.3 Å². The van der Waals surface area contributed by atoms with Gasteiger partial charge in [-0.25, -0.2) is 8.42 Å². The predicted octanol–water partition coefficient (Wildman–Crippen LogP) is 0.332. The molecule has 0 atom stereocenters. The maximum absolute atomic E-state index is 10.9. The van der Waals surface area contributed by atoms with Crippen LogP contribution in [-0.2, 0) is 21.1 Å². The second-order valence-corrected chi connectivity index (χ2v) is 6.85. The third-order valence-corrected chi connectivity index (χ3v) is 3.60. The molecule has 0 aliphatic rings. The van der Waals surface area contributed by atoms with E-state index in [4.69, 9.17) is 4.74 Å². The van der Waals surface area contributed by atoms with Gasteiger partial charge in [0.2, 0.25) is 0 Å². The van der Waals surface area contributed by atoms with Crippen LogP contribution in [0.3, 0.4) is 0 Å². The number of aliphatic imine (C=N–C) groups is 1. The summed E-state index contributed by atoms with van der Waals surface area (Å²) in [6.07, 6.45) is 5.21. The van der Waals surface area contributed by atoms with Crippen molar-refractivity contribution in [2.45, 2.75) is 6.54 Å². The molecule has 22 heavy (non-hydrogen) atoms. The SMILES string of the molecule is CN=C(NCCOCCS(C)(=O)=O)NCCn1cccc1.I. The van der Waals surface area contributed by atoms with E-state index < -0.39 is 9.84 Å². The molecule has 0 fully saturated rings. The van der Waals surface area contributed by atoms with Crippen molar-refractivity contribution in [1.82, 2.24) is 15.2 Å². The normalized spacial score (nSPS) is 11.8. The van der Waals surface area contributed by atoms with Crippen LogP contribution in [0.15, 0.2) is 29.5 Å². The van der Waals surface area contributed by atoms with E-state index >= 15 is 0 Å². The molecule has 128 valence electrons. The van der Waals surface area contributed by atoms with Crippen LogP contribution in [0.1, 0.15) is 0 Å². The Labute approximate surface area is 149 Å². The summed E-state index contributed by atoms with van der Waals surface area (Å²) in [5.74, 6) is 0.755. The molecule has 0 aliphatic carbocycles. The van der Waals surface area contributed by atoms with Gasteiger partial charge in [-0.05, 0) is 12.1 Å². The number of nitrogens with one attached hydrogen (secondary N) is 2. The maximum Gasteiger partial charge on any atom is 0.191 e. The predicted molar refractivity (Wildman–Crippen MR) is 99.7 cm³/mol. The monoisotopic (exact) mass is 444 g/mol. The number of guanidine groups is 1. The minimum absolute atomic E-state index is 0. The van der Waals surface area contributed by atoms with Gasteiger partial charge in [0.05, 0.1) is 19.0 Å². The summed E-state index contributed by atoms with van der Waals surface area (Å²) in [5, 5.41) is 6.29. The van der Waals surface area contributed by atoms with Crippen LogP contribution in [0.5, 0.6) is 0 Å². The zero-order chi connectivity index (χ0) is 15.6. The molecule has 0 aliphatic heterocycles. The van der Waals surface area contributed by atoms with Crippen molar-refractivity contribution in [3.8, 4) is 0 Å². The fourth-order valence-corrected chi connectivity index (χ4v) is 2.02. The van der Waals surface area contributed by atoms with Gasteiger partial charge in [0.1, 0.15) is 9.84 Å². The number of aromatic nitrogens is 1. The highest BCUT2D eigenvalue weighted by Crippen LogP contribution is 1.88. The van der Waals surface area contributed by atoms with Gasteiger partial charge in [-0.3, -0.25) is 4.99 Å². The number of ether oxygens (including phenoxy) is 1. The molecule has 9 heteroatoms. The van der Waals surface area contributed by atoms with Crippen LogP contribution < -0.4 is 10.6 Å². The molecule has 2 N–H and O–H groups in total. The topological polar surface area (TPSA) is 84.7 Å². The fraction of sp³-hybridized carbons (Fsp3) is 0.615. The minimum atomic E-state index is -2.95. The van der Waals surface area contributed by atoms with Crippen molar-refractivity contribution >= 4 is 39.8 Å². The van der Waals surface area contributed by atoms with Crippen molar-refractivity contribution in [1.29, 1.82) is 0 Å². The Bertz CT molecular complexity index is 517. The van der Waals surface area contributed by atoms with Crippen LogP contribution in [0.4, 0.5) is 0 Å². The Morgan fingerprint density at radius 2 is 1.82 bits per heavy atom. The average Bonchev–Trinajstić information content (AvgIpc) is 2.92. The lowest BCUT2D eigenvalue weighted by atomic mass is 10.6. The van der Waals surface area contributed by atoms with Gasteiger partial charge in [-0.15, -0.1) is 24.0 Å². The van der Waals surface area contributed by atoms with Crippen LogP contribution in [0, 0.1) is 0 Å². The Balaban J connectivity index is 0.00000441. The molecule has 0 saturated carbocycles. The van der Waals surface area contributed by atoms with Crippen molar-refractivity contribution in [2.24, 2.45) is 4.99 Å². The van der Waals surface area contributed by atoms with Gasteiger partial charge in [0.25, 0.3) is 0 Å². The van der Waals surface area contributed by atoms with E-state index in [9.17, 15) is 8.42 Å². The van der Waals surface area contributed by atoms with Gasteiger partial charge >= 0.3 is 0 Å². The summed E-state index contributed by atoms with van der Waals surface area (Å²) >= 11 is 0. The van der Waals surface area contributed by atoms with E-state index in [1.165, 1.54) is 6.26 Å². The van der Waals surface area contributed by atoms with Gasteiger partial charge < -0.3 is 19.9 Å².